The van der Waals surface area contributed by atoms with Gasteiger partial charge in [0.2, 0.25) is 0 Å². The second-order valence-corrected chi connectivity index (χ2v) is 8.88. The van der Waals surface area contributed by atoms with Crippen LogP contribution in [0.5, 0.6) is 0 Å². The van der Waals surface area contributed by atoms with Crippen LogP contribution >= 0.6 is 11.6 Å². The van der Waals surface area contributed by atoms with E-state index in [0.29, 0.717) is 22.9 Å². The fraction of sp³-hybridized carbons (Fsp3) is 0.292. The monoisotopic (exact) mass is 450 g/mol. The van der Waals surface area contributed by atoms with Crippen molar-refractivity contribution in [3.8, 4) is 5.69 Å². The Morgan fingerprint density at radius 3 is 2.72 bits per heavy atom. The van der Waals surface area contributed by atoms with Crippen LogP contribution in [0.15, 0.2) is 52.3 Å². The molecule has 1 aromatic carbocycles. The highest BCUT2D eigenvalue weighted by atomic mass is 35.5. The van der Waals surface area contributed by atoms with Crippen molar-refractivity contribution in [1.29, 1.82) is 0 Å². The third-order valence-electron chi connectivity index (χ3n) is 6.27. The number of aromatic nitrogens is 3. The summed E-state index contributed by atoms with van der Waals surface area (Å²) in [5.74, 6) is -0.186. The fourth-order valence-electron chi connectivity index (χ4n) is 4.57. The van der Waals surface area contributed by atoms with Crippen LogP contribution in [-0.2, 0) is 6.54 Å². The second kappa shape index (κ2) is 7.38. The van der Waals surface area contributed by atoms with Gasteiger partial charge in [-0.25, -0.2) is 4.98 Å². The lowest BCUT2D eigenvalue weighted by Crippen LogP contribution is -2.50. The van der Waals surface area contributed by atoms with E-state index < -0.39 is 0 Å². The Balaban J connectivity index is 1.55. The number of aryl methyl sites for hydroxylation is 2. The SMILES string of the molecule is Cc1cn(-c2ccc3n(c2=O)CC(C)N(C(C)c2coc4cc(C)c(Cl)cc24)C3=O)cn1. The molecule has 2 atom stereocenters. The van der Waals surface area contributed by atoms with Gasteiger partial charge in [0.1, 0.15) is 17.0 Å². The molecule has 7 nitrogen and oxygen atoms in total. The molecule has 0 aliphatic carbocycles. The molecule has 4 heterocycles. The van der Waals surface area contributed by atoms with Gasteiger partial charge in [-0.05, 0) is 57.5 Å². The van der Waals surface area contributed by atoms with Crippen LogP contribution < -0.4 is 5.56 Å². The number of pyridine rings is 1. The van der Waals surface area contributed by atoms with Gasteiger partial charge in [0, 0.05) is 34.8 Å². The minimum absolute atomic E-state index is 0.186. The summed E-state index contributed by atoms with van der Waals surface area (Å²) in [6.07, 6.45) is 5.10. The Labute approximate surface area is 189 Å². The van der Waals surface area contributed by atoms with Gasteiger partial charge >= 0.3 is 0 Å². The molecule has 0 saturated heterocycles. The predicted molar refractivity (Wildman–Crippen MR) is 123 cm³/mol. The van der Waals surface area contributed by atoms with E-state index in [1.165, 1.54) is 0 Å². The van der Waals surface area contributed by atoms with Gasteiger partial charge in [-0.15, -0.1) is 0 Å². The van der Waals surface area contributed by atoms with Crippen LogP contribution in [0, 0.1) is 13.8 Å². The third-order valence-corrected chi connectivity index (χ3v) is 6.68. The van der Waals surface area contributed by atoms with Crippen LogP contribution in [-0.4, -0.2) is 31.0 Å². The first-order chi connectivity index (χ1) is 15.3. The molecule has 0 saturated carbocycles. The van der Waals surface area contributed by atoms with E-state index in [1.54, 1.807) is 40.1 Å². The van der Waals surface area contributed by atoms with Gasteiger partial charge in [0.15, 0.2) is 0 Å². The first-order valence-corrected chi connectivity index (χ1v) is 10.9. The fourth-order valence-corrected chi connectivity index (χ4v) is 4.73. The summed E-state index contributed by atoms with van der Waals surface area (Å²) in [6.45, 7) is 8.13. The third kappa shape index (κ3) is 3.07. The predicted octanol–water partition coefficient (Wildman–Crippen LogP) is 4.66. The van der Waals surface area contributed by atoms with Gasteiger partial charge in [-0.2, -0.15) is 0 Å². The zero-order chi connectivity index (χ0) is 22.7. The van der Waals surface area contributed by atoms with Crippen molar-refractivity contribution in [3.05, 3.63) is 80.9 Å². The number of carbonyl (C=O) groups excluding carboxylic acids is 1. The molecule has 0 radical (unpaired) electrons. The number of amides is 1. The molecular weight excluding hydrogens is 428 g/mol. The molecule has 5 rings (SSSR count). The minimum Gasteiger partial charge on any atom is -0.464 e. The molecule has 164 valence electrons. The van der Waals surface area contributed by atoms with Crippen molar-refractivity contribution in [2.45, 2.75) is 46.3 Å². The Bertz CT molecular complexity index is 1430. The number of furan rings is 1. The maximum absolute atomic E-state index is 13.5. The Morgan fingerprint density at radius 2 is 2.00 bits per heavy atom. The number of hydrogen-bond donors (Lipinski definition) is 0. The summed E-state index contributed by atoms with van der Waals surface area (Å²) >= 11 is 6.35. The van der Waals surface area contributed by atoms with Gasteiger partial charge in [0.05, 0.1) is 24.3 Å². The lowest BCUT2D eigenvalue weighted by molar-refractivity contribution is 0.0511. The quantitative estimate of drug-likeness (QED) is 0.455. The zero-order valence-electron chi connectivity index (χ0n) is 18.3. The van der Waals surface area contributed by atoms with E-state index in [9.17, 15) is 9.59 Å². The summed E-state index contributed by atoms with van der Waals surface area (Å²) in [4.78, 5) is 32.7. The summed E-state index contributed by atoms with van der Waals surface area (Å²) in [5.41, 5.74) is 4.03. The molecule has 1 aliphatic rings. The van der Waals surface area contributed by atoms with Crippen LogP contribution in [0.25, 0.3) is 16.7 Å². The van der Waals surface area contributed by atoms with Gasteiger partial charge < -0.3 is 18.5 Å². The minimum atomic E-state index is -0.252. The number of fused-ring (bicyclic) bond motifs is 2. The van der Waals surface area contributed by atoms with Crippen molar-refractivity contribution >= 4 is 28.5 Å². The average Bonchev–Trinajstić information content (AvgIpc) is 3.35. The lowest BCUT2D eigenvalue weighted by atomic mass is 10.0. The average molecular weight is 451 g/mol. The maximum Gasteiger partial charge on any atom is 0.275 e. The van der Waals surface area contributed by atoms with Crippen LogP contribution in [0.3, 0.4) is 0 Å². The second-order valence-electron chi connectivity index (χ2n) is 8.47. The van der Waals surface area contributed by atoms with E-state index in [1.807, 2.05) is 44.7 Å². The molecule has 4 aromatic rings. The molecule has 1 amide bonds. The molecular formula is C24H23ClN4O3. The van der Waals surface area contributed by atoms with Crippen LogP contribution in [0.4, 0.5) is 0 Å². The lowest BCUT2D eigenvalue weighted by Gasteiger charge is -2.39. The molecule has 1 aliphatic heterocycles. The van der Waals surface area contributed by atoms with Crippen molar-refractivity contribution in [3.63, 3.8) is 0 Å². The van der Waals surface area contributed by atoms with Gasteiger partial charge in [0.25, 0.3) is 11.5 Å². The van der Waals surface area contributed by atoms with Crippen molar-refractivity contribution in [1.82, 2.24) is 19.0 Å². The molecule has 3 aromatic heterocycles. The standard InChI is InChI=1S/C24H23ClN4O3/c1-13-7-22-17(8-19(13)25)18(11-32-22)16(4)29-15(3)10-28-21(24(29)31)6-5-20(23(28)30)27-9-14(2)26-12-27/h5-9,11-12,15-16H,10H2,1-4H3. The van der Waals surface area contributed by atoms with E-state index in [4.69, 9.17) is 16.0 Å². The molecule has 32 heavy (non-hydrogen) atoms. The molecule has 0 fully saturated rings. The number of rotatable bonds is 3. The Hall–Kier alpha value is -3.32. The number of benzene rings is 1. The summed E-state index contributed by atoms with van der Waals surface area (Å²) in [6, 6.07) is 6.75. The number of hydrogen-bond acceptors (Lipinski definition) is 4. The highest BCUT2D eigenvalue weighted by Crippen LogP contribution is 2.35. The topological polar surface area (TPSA) is 73.3 Å². The zero-order valence-corrected chi connectivity index (χ0v) is 19.1. The van der Waals surface area contributed by atoms with Crippen molar-refractivity contribution in [2.75, 3.05) is 0 Å². The Kier molecular flexibility index (Phi) is 4.74. The maximum atomic E-state index is 13.5. The molecule has 0 spiro atoms. The van der Waals surface area contributed by atoms with E-state index in [-0.39, 0.29) is 23.6 Å². The first kappa shape index (κ1) is 20.6. The summed E-state index contributed by atoms with van der Waals surface area (Å²) < 4.78 is 9.02. The van der Waals surface area contributed by atoms with Crippen molar-refractivity contribution < 1.29 is 9.21 Å². The van der Waals surface area contributed by atoms with Gasteiger partial charge in [-0.1, -0.05) is 11.6 Å². The van der Waals surface area contributed by atoms with E-state index in [2.05, 4.69) is 4.98 Å². The summed E-state index contributed by atoms with van der Waals surface area (Å²) in [7, 11) is 0. The molecule has 0 N–H and O–H groups in total. The number of carbonyl (C=O) groups is 1. The first-order valence-electron chi connectivity index (χ1n) is 10.5. The van der Waals surface area contributed by atoms with E-state index >= 15 is 0 Å². The number of nitrogens with zero attached hydrogens (tertiary/aromatic N) is 4. The van der Waals surface area contributed by atoms with E-state index in [0.717, 1.165) is 27.8 Å². The number of halogens is 1. The largest absolute Gasteiger partial charge is 0.464 e. The van der Waals surface area contributed by atoms with Crippen LogP contribution in [0.1, 0.15) is 47.2 Å². The normalized spacial score (nSPS) is 17.1. The molecule has 2 unspecified atom stereocenters. The Morgan fingerprint density at radius 1 is 1.22 bits per heavy atom. The molecule has 0 bridgehead atoms. The smallest absolute Gasteiger partial charge is 0.275 e. The van der Waals surface area contributed by atoms with Gasteiger partial charge in [-0.3, -0.25) is 9.59 Å². The summed E-state index contributed by atoms with van der Waals surface area (Å²) in [5, 5.41) is 1.55. The highest BCUT2D eigenvalue weighted by molar-refractivity contribution is 6.32. The van der Waals surface area contributed by atoms with Crippen molar-refractivity contribution in [2.24, 2.45) is 0 Å². The highest BCUT2D eigenvalue weighted by Gasteiger charge is 2.35. The van der Waals surface area contributed by atoms with Crippen LogP contribution in [0.2, 0.25) is 5.02 Å². The molecule has 8 heteroatoms. The number of imidazole rings is 1.